The first-order chi connectivity index (χ1) is 10.2. The van der Waals surface area contributed by atoms with Crippen LogP contribution in [0.1, 0.15) is 51.6 Å². The van der Waals surface area contributed by atoms with E-state index in [1.165, 1.54) is 11.0 Å². The van der Waals surface area contributed by atoms with Crippen molar-refractivity contribution in [2.45, 2.75) is 38.5 Å². The van der Waals surface area contributed by atoms with Crippen LogP contribution in [0.5, 0.6) is 0 Å². The Kier molecular flexibility index (Phi) is 3.19. The van der Waals surface area contributed by atoms with Gasteiger partial charge in [0.2, 0.25) is 0 Å². The molecule has 0 radical (unpaired) electrons. The second-order valence-corrected chi connectivity index (χ2v) is 5.87. The molecule has 1 fully saturated rings. The molecule has 4 nitrogen and oxygen atoms in total. The molecule has 1 N–H and O–H groups in total. The van der Waals surface area contributed by atoms with Gasteiger partial charge in [-0.05, 0) is 43.4 Å². The van der Waals surface area contributed by atoms with E-state index in [0.717, 1.165) is 12.8 Å². The summed E-state index contributed by atoms with van der Waals surface area (Å²) in [5.41, 5.74) is -1.85. The Balaban J connectivity index is 2.09. The third-order valence-electron chi connectivity index (χ3n) is 4.38. The van der Waals surface area contributed by atoms with E-state index < -0.39 is 34.7 Å². The van der Waals surface area contributed by atoms with E-state index in [1.54, 1.807) is 0 Å². The van der Waals surface area contributed by atoms with Crippen LogP contribution in [0.15, 0.2) is 12.1 Å². The lowest BCUT2D eigenvalue weighted by molar-refractivity contribution is -0.138. The quantitative estimate of drug-likeness (QED) is 0.932. The van der Waals surface area contributed by atoms with E-state index >= 15 is 0 Å². The lowest BCUT2D eigenvalue weighted by Crippen LogP contribution is -2.35. The monoisotopic (exact) mass is 313 g/mol. The van der Waals surface area contributed by atoms with E-state index in [2.05, 4.69) is 0 Å². The number of amides is 1. The molecule has 118 valence electrons. The number of hydrogen-bond donors (Lipinski definition) is 1. The second-order valence-electron chi connectivity index (χ2n) is 5.87. The SMILES string of the molecule is CC(C1CC1)N1Cc2cc(C(=O)O)cc(C(F)(F)F)c2C1=O. The summed E-state index contributed by atoms with van der Waals surface area (Å²) in [5.74, 6) is -1.76. The first-order valence-corrected chi connectivity index (χ1v) is 6.98. The minimum Gasteiger partial charge on any atom is -0.478 e. The average molecular weight is 313 g/mol. The van der Waals surface area contributed by atoms with Gasteiger partial charge in [0.05, 0.1) is 16.7 Å². The molecule has 22 heavy (non-hydrogen) atoms. The predicted molar refractivity (Wildman–Crippen MR) is 70.5 cm³/mol. The van der Waals surface area contributed by atoms with Crippen molar-refractivity contribution < 1.29 is 27.9 Å². The van der Waals surface area contributed by atoms with E-state index in [1.807, 2.05) is 6.92 Å². The molecule has 1 saturated carbocycles. The molecule has 1 aliphatic heterocycles. The minimum atomic E-state index is -4.76. The van der Waals surface area contributed by atoms with Crippen LogP contribution in [0, 0.1) is 5.92 Å². The number of carboxylic acid groups (broad SMARTS) is 1. The van der Waals surface area contributed by atoms with Gasteiger partial charge >= 0.3 is 12.1 Å². The van der Waals surface area contributed by atoms with Crippen LogP contribution in [0.25, 0.3) is 0 Å². The van der Waals surface area contributed by atoms with Crippen molar-refractivity contribution in [1.29, 1.82) is 0 Å². The Hall–Kier alpha value is -2.05. The zero-order valence-corrected chi connectivity index (χ0v) is 11.8. The number of alkyl halides is 3. The Labute approximate surface area is 124 Å². The van der Waals surface area contributed by atoms with Crippen LogP contribution in [0.2, 0.25) is 0 Å². The van der Waals surface area contributed by atoms with E-state index in [0.29, 0.717) is 12.0 Å². The summed E-state index contributed by atoms with van der Waals surface area (Å²) in [4.78, 5) is 24.8. The number of hydrogen-bond acceptors (Lipinski definition) is 2. The molecule has 1 aliphatic carbocycles. The van der Waals surface area contributed by atoms with Crippen molar-refractivity contribution in [3.8, 4) is 0 Å². The number of fused-ring (bicyclic) bond motifs is 1. The van der Waals surface area contributed by atoms with Gasteiger partial charge in [-0.15, -0.1) is 0 Å². The number of benzene rings is 1. The lowest BCUT2D eigenvalue weighted by atomic mass is 9.99. The molecule has 1 aromatic rings. The molecule has 1 atom stereocenters. The molecule has 1 aromatic carbocycles. The summed E-state index contributed by atoms with van der Waals surface area (Å²) in [6.07, 6.45) is -2.83. The van der Waals surface area contributed by atoms with Crippen LogP contribution in [-0.4, -0.2) is 27.9 Å². The van der Waals surface area contributed by atoms with Gasteiger partial charge in [0.15, 0.2) is 0 Å². The summed E-state index contributed by atoms with van der Waals surface area (Å²) < 4.78 is 39.6. The topological polar surface area (TPSA) is 57.6 Å². The summed E-state index contributed by atoms with van der Waals surface area (Å²) >= 11 is 0. The molecule has 0 aromatic heterocycles. The molecule has 1 amide bonds. The van der Waals surface area contributed by atoms with E-state index in [4.69, 9.17) is 5.11 Å². The van der Waals surface area contributed by atoms with Crippen molar-refractivity contribution in [1.82, 2.24) is 4.90 Å². The van der Waals surface area contributed by atoms with Crippen LogP contribution in [0.4, 0.5) is 13.2 Å². The fourth-order valence-corrected chi connectivity index (χ4v) is 2.99. The molecule has 1 unspecified atom stereocenters. The number of carbonyl (C=O) groups excluding carboxylic acids is 1. The molecular formula is C15H14F3NO3. The van der Waals surface area contributed by atoms with Gasteiger partial charge in [0, 0.05) is 12.6 Å². The average Bonchev–Trinajstić information content (AvgIpc) is 3.21. The molecule has 0 saturated heterocycles. The molecule has 2 aliphatic rings. The largest absolute Gasteiger partial charge is 0.478 e. The van der Waals surface area contributed by atoms with Gasteiger partial charge in [-0.3, -0.25) is 4.79 Å². The molecular weight excluding hydrogens is 299 g/mol. The predicted octanol–water partition coefficient (Wildman–Crippen LogP) is 3.16. The van der Waals surface area contributed by atoms with Crippen molar-refractivity contribution in [2.24, 2.45) is 5.92 Å². The van der Waals surface area contributed by atoms with Gasteiger partial charge in [0.25, 0.3) is 5.91 Å². The maximum absolute atomic E-state index is 13.2. The normalized spacial score (nSPS) is 19.3. The van der Waals surface area contributed by atoms with Gasteiger partial charge in [0.1, 0.15) is 0 Å². The summed E-state index contributed by atoms with van der Waals surface area (Å²) in [6.45, 7) is 1.86. The van der Waals surface area contributed by atoms with E-state index in [-0.39, 0.29) is 18.2 Å². The summed E-state index contributed by atoms with van der Waals surface area (Å²) in [7, 11) is 0. The van der Waals surface area contributed by atoms with Gasteiger partial charge in [-0.25, -0.2) is 4.79 Å². The Bertz CT molecular complexity index is 665. The third kappa shape index (κ3) is 2.34. The number of nitrogens with zero attached hydrogens (tertiary/aromatic N) is 1. The highest BCUT2D eigenvalue weighted by molar-refractivity contribution is 6.01. The van der Waals surface area contributed by atoms with Crippen LogP contribution < -0.4 is 0 Å². The Morgan fingerprint density at radius 2 is 2.00 bits per heavy atom. The smallest absolute Gasteiger partial charge is 0.417 e. The zero-order valence-electron chi connectivity index (χ0n) is 11.8. The molecule has 0 spiro atoms. The minimum absolute atomic E-state index is 0.0377. The summed E-state index contributed by atoms with van der Waals surface area (Å²) in [5, 5.41) is 8.98. The van der Waals surface area contributed by atoms with Crippen molar-refractivity contribution in [3.63, 3.8) is 0 Å². The van der Waals surface area contributed by atoms with E-state index in [9.17, 15) is 22.8 Å². The van der Waals surface area contributed by atoms with Gasteiger partial charge in [-0.2, -0.15) is 13.2 Å². The maximum Gasteiger partial charge on any atom is 0.417 e. The highest BCUT2D eigenvalue weighted by Gasteiger charge is 2.44. The second kappa shape index (κ2) is 4.72. The zero-order chi connectivity index (χ0) is 16.2. The van der Waals surface area contributed by atoms with Crippen molar-refractivity contribution in [3.05, 3.63) is 34.4 Å². The number of carbonyl (C=O) groups is 2. The lowest BCUT2D eigenvalue weighted by Gasteiger charge is -2.24. The highest BCUT2D eigenvalue weighted by Crippen LogP contribution is 2.42. The van der Waals surface area contributed by atoms with Gasteiger partial charge < -0.3 is 10.0 Å². The van der Waals surface area contributed by atoms with Crippen LogP contribution >= 0.6 is 0 Å². The fraction of sp³-hybridized carbons (Fsp3) is 0.467. The first kappa shape index (κ1) is 14.9. The molecule has 3 rings (SSSR count). The Morgan fingerprint density at radius 3 is 2.50 bits per heavy atom. The van der Waals surface area contributed by atoms with Crippen molar-refractivity contribution >= 4 is 11.9 Å². The molecule has 1 heterocycles. The van der Waals surface area contributed by atoms with Gasteiger partial charge in [-0.1, -0.05) is 0 Å². The number of carboxylic acids is 1. The summed E-state index contributed by atoms with van der Waals surface area (Å²) in [6, 6.07) is 1.59. The standard InChI is InChI=1S/C15H14F3NO3/c1-7(8-2-3-8)19-6-10-4-9(14(21)22)5-11(15(16,17)18)12(10)13(19)20/h4-5,7-8H,2-3,6H2,1H3,(H,21,22). The van der Waals surface area contributed by atoms with Crippen LogP contribution in [-0.2, 0) is 12.7 Å². The molecule has 0 bridgehead atoms. The third-order valence-corrected chi connectivity index (χ3v) is 4.38. The van der Waals surface area contributed by atoms with Crippen LogP contribution in [0.3, 0.4) is 0 Å². The maximum atomic E-state index is 13.2. The van der Waals surface area contributed by atoms with Crippen molar-refractivity contribution in [2.75, 3.05) is 0 Å². The Morgan fingerprint density at radius 1 is 1.36 bits per heavy atom. The molecule has 7 heteroatoms. The number of aromatic carboxylic acids is 1. The fourth-order valence-electron chi connectivity index (χ4n) is 2.99. The number of rotatable bonds is 3. The first-order valence-electron chi connectivity index (χ1n) is 6.98. The number of halogens is 3. The highest BCUT2D eigenvalue weighted by atomic mass is 19.4.